The van der Waals surface area contributed by atoms with E-state index >= 15 is 0 Å². The lowest BCUT2D eigenvalue weighted by Crippen LogP contribution is -2.27. The predicted molar refractivity (Wildman–Crippen MR) is 68.9 cm³/mol. The third kappa shape index (κ3) is 3.76. The van der Waals surface area contributed by atoms with Gasteiger partial charge in [0.05, 0.1) is 25.5 Å². The predicted octanol–water partition coefficient (Wildman–Crippen LogP) is 1.82. The maximum absolute atomic E-state index is 10.7. The number of ether oxygens (including phenoxy) is 1. The average molecular weight is 267 g/mol. The number of hydrogen-bond donors (Lipinski definition) is 1. The zero-order chi connectivity index (χ0) is 13.8. The first-order valence-corrected chi connectivity index (χ1v) is 6.81. The van der Waals surface area contributed by atoms with Gasteiger partial charge in [0.1, 0.15) is 0 Å². The van der Waals surface area contributed by atoms with Gasteiger partial charge in [0, 0.05) is 0 Å². The number of nitrogens with zero attached hydrogens (tertiary/aromatic N) is 3. The van der Waals surface area contributed by atoms with Gasteiger partial charge in [-0.25, -0.2) is 9.48 Å². The first-order chi connectivity index (χ1) is 9.06. The van der Waals surface area contributed by atoms with Crippen LogP contribution in [0.15, 0.2) is 6.20 Å². The zero-order valence-corrected chi connectivity index (χ0v) is 11.5. The van der Waals surface area contributed by atoms with E-state index in [1.165, 1.54) is 17.3 Å². The topological polar surface area (TPSA) is 77.2 Å². The summed E-state index contributed by atoms with van der Waals surface area (Å²) in [4.78, 5) is 10.7. The second-order valence-electron chi connectivity index (χ2n) is 5.43. The van der Waals surface area contributed by atoms with E-state index in [9.17, 15) is 4.79 Å². The fourth-order valence-electron chi connectivity index (χ4n) is 2.47. The molecule has 0 aromatic carbocycles. The molecule has 3 unspecified atom stereocenters. The molecule has 1 aliphatic carbocycles. The lowest BCUT2D eigenvalue weighted by atomic mass is 9.80. The van der Waals surface area contributed by atoms with E-state index in [4.69, 9.17) is 9.84 Å². The van der Waals surface area contributed by atoms with E-state index in [0.29, 0.717) is 25.2 Å². The Bertz CT molecular complexity index is 433. The zero-order valence-electron chi connectivity index (χ0n) is 11.5. The molecular formula is C13H21N3O3. The van der Waals surface area contributed by atoms with Crippen LogP contribution in [0.1, 0.15) is 43.6 Å². The molecule has 1 aromatic heterocycles. The Kier molecular flexibility index (Phi) is 4.52. The fourth-order valence-corrected chi connectivity index (χ4v) is 2.47. The van der Waals surface area contributed by atoms with Gasteiger partial charge < -0.3 is 9.84 Å². The van der Waals surface area contributed by atoms with E-state index in [1.807, 2.05) is 0 Å². The highest BCUT2D eigenvalue weighted by atomic mass is 16.5. The van der Waals surface area contributed by atoms with Crippen molar-refractivity contribution >= 4 is 5.97 Å². The minimum Gasteiger partial charge on any atom is -0.476 e. The SMILES string of the molecule is CC1CCC(OCCn2cc(C(=O)O)nn2)CC1C. The number of aromatic carboxylic acids is 1. The summed E-state index contributed by atoms with van der Waals surface area (Å²) in [6.07, 6.45) is 5.20. The summed E-state index contributed by atoms with van der Waals surface area (Å²) in [7, 11) is 0. The van der Waals surface area contributed by atoms with Crippen molar-refractivity contribution in [1.29, 1.82) is 0 Å². The minimum atomic E-state index is -1.05. The van der Waals surface area contributed by atoms with Gasteiger partial charge in [-0.05, 0) is 31.1 Å². The Balaban J connectivity index is 1.72. The third-order valence-corrected chi connectivity index (χ3v) is 3.98. The quantitative estimate of drug-likeness (QED) is 0.880. The van der Waals surface area contributed by atoms with E-state index in [-0.39, 0.29) is 5.69 Å². The van der Waals surface area contributed by atoms with E-state index < -0.39 is 5.97 Å². The van der Waals surface area contributed by atoms with Gasteiger partial charge in [0.15, 0.2) is 5.69 Å². The van der Waals surface area contributed by atoms with Gasteiger partial charge in [0.25, 0.3) is 0 Å². The summed E-state index contributed by atoms with van der Waals surface area (Å²) < 4.78 is 7.35. The van der Waals surface area contributed by atoms with Crippen molar-refractivity contribution in [3.8, 4) is 0 Å². The van der Waals surface area contributed by atoms with Gasteiger partial charge in [-0.1, -0.05) is 19.1 Å². The largest absolute Gasteiger partial charge is 0.476 e. The Morgan fingerprint density at radius 1 is 1.47 bits per heavy atom. The van der Waals surface area contributed by atoms with Crippen molar-refractivity contribution in [3.63, 3.8) is 0 Å². The fraction of sp³-hybridized carbons (Fsp3) is 0.769. The van der Waals surface area contributed by atoms with Gasteiger partial charge in [-0.15, -0.1) is 5.10 Å². The highest BCUT2D eigenvalue weighted by Gasteiger charge is 2.24. The van der Waals surface area contributed by atoms with Crippen LogP contribution in [0.2, 0.25) is 0 Å². The molecule has 3 atom stereocenters. The van der Waals surface area contributed by atoms with Crippen molar-refractivity contribution in [3.05, 3.63) is 11.9 Å². The minimum absolute atomic E-state index is 0.0277. The van der Waals surface area contributed by atoms with Gasteiger partial charge in [-0.2, -0.15) is 0 Å². The van der Waals surface area contributed by atoms with Crippen LogP contribution in [-0.4, -0.2) is 38.8 Å². The summed E-state index contributed by atoms with van der Waals surface area (Å²) in [5.74, 6) is 0.444. The molecule has 6 heteroatoms. The van der Waals surface area contributed by atoms with E-state index in [0.717, 1.165) is 18.8 Å². The maximum Gasteiger partial charge on any atom is 0.358 e. The molecule has 0 amide bonds. The van der Waals surface area contributed by atoms with Crippen LogP contribution in [0.5, 0.6) is 0 Å². The highest BCUT2D eigenvalue weighted by Crippen LogP contribution is 2.30. The number of carboxylic acid groups (broad SMARTS) is 1. The second-order valence-corrected chi connectivity index (χ2v) is 5.43. The summed E-state index contributed by atoms with van der Waals surface area (Å²) in [5, 5.41) is 16.0. The molecule has 1 aliphatic rings. The van der Waals surface area contributed by atoms with Crippen molar-refractivity contribution in [1.82, 2.24) is 15.0 Å². The summed E-state index contributed by atoms with van der Waals surface area (Å²) >= 11 is 0. The van der Waals surface area contributed by atoms with Crippen molar-refractivity contribution in [2.24, 2.45) is 11.8 Å². The second kappa shape index (κ2) is 6.14. The highest BCUT2D eigenvalue weighted by molar-refractivity contribution is 5.84. The van der Waals surface area contributed by atoms with Crippen LogP contribution < -0.4 is 0 Å². The Labute approximate surface area is 112 Å². The molecule has 1 heterocycles. The first kappa shape index (κ1) is 14.0. The average Bonchev–Trinajstić information content (AvgIpc) is 2.83. The number of carboxylic acids is 1. The van der Waals surface area contributed by atoms with Gasteiger partial charge in [0.2, 0.25) is 0 Å². The normalized spacial score (nSPS) is 27.4. The molecular weight excluding hydrogens is 246 g/mol. The Morgan fingerprint density at radius 2 is 2.26 bits per heavy atom. The molecule has 0 spiro atoms. The van der Waals surface area contributed by atoms with Crippen LogP contribution >= 0.6 is 0 Å². The molecule has 2 rings (SSSR count). The monoisotopic (exact) mass is 267 g/mol. The molecule has 0 saturated heterocycles. The van der Waals surface area contributed by atoms with E-state index in [2.05, 4.69) is 24.2 Å². The van der Waals surface area contributed by atoms with Crippen molar-refractivity contribution < 1.29 is 14.6 Å². The molecule has 19 heavy (non-hydrogen) atoms. The molecule has 0 radical (unpaired) electrons. The lowest BCUT2D eigenvalue weighted by Gasteiger charge is -2.31. The molecule has 6 nitrogen and oxygen atoms in total. The van der Waals surface area contributed by atoms with Crippen LogP contribution in [0.4, 0.5) is 0 Å². The summed E-state index contributed by atoms with van der Waals surface area (Å²) in [6, 6.07) is 0. The number of hydrogen-bond acceptors (Lipinski definition) is 4. The van der Waals surface area contributed by atoms with E-state index in [1.54, 1.807) is 0 Å². The molecule has 106 valence electrons. The third-order valence-electron chi connectivity index (χ3n) is 3.98. The number of carbonyl (C=O) groups is 1. The van der Waals surface area contributed by atoms with Crippen LogP contribution in [0, 0.1) is 11.8 Å². The maximum atomic E-state index is 10.7. The molecule has 1 aromatic rings. The van der Waals surface area contributed by atoms with Gasteiger partial charge >= 0.3 is 5.97 Å². The summed E-state index contributed by atoms with van der Waals surface area (Å²) in [6.45, 7) is 5.66. The number of aromatic nitrogens is 3. The number of rotatable bonds is 5. The van der Waals surface area contributed by atoms with Crippen LogP contribution in [0.25, 0.3) is 0 Å². The molecule has 1 saturated carbocycles. The van der Waals surface area contributed by atoms with Crippen LogP contribution in [0.3, 0.4) is 0 Å². The Hall–Kier alpha value is -1.43. The van der Waals surface area contributed by atoms with Crippen LogP contribution in [-0.2, 0) is 11.3 Å². The lowest BCUT2D eigenvalue weighted by molar-refractivity contribution is -0.00185. The standard InChI is InChI=1S/C13H21N3O3/c1-9-3-4-11(7-10(9)2)19-6-5-16-8-12(13(17)18)14-15-16/h8-11H,3-7H2,1-2H3,(H,17,18). The van der Waals surface area contributed by atoms with Crippen molar-refractivity contribution in [2.45, 2.75) is 45.8 Å². The molecule has 0 bridgehead atoms. The van der Waals surface area contributed by atoms with Gasteiger partial charge in [-0.3, -0.25) is 0 Å². The Morgan fingerprint density at radius 3 is 2.89 bits per heavy atom. The smallest absolute Gasteiger partial charge is 0.358 e. The first-order valence-electron chi connectivity index (χ1n) is 6.81. The molecule has 1 N–H and O–H groups in total. The molecule has 0 aliphatic heterocycles. The molecule has 1 fully saturated rings. The van der Waals surface area contributed by atoms with Crippen molar-refractivity contribution in [2.75, 3.05) is 6.61 Å². The summed E-state index contributed by atoms with van der Waals surface area (Å²) in [5.41, 5.74) is -0.0277.